The van der Waals surface area contributed by atoms with Crippen LogP contribution in [0.4, 0.5) is 9.59 Å². The van der Waals surface area contributed by atoms with Crippen LogP contribution in [0.15, 0.2) is 48.8 Å². The Morgan fingerprint density at radius 1 is 0.629 bits per heavy atom. The van der Waals surface area contributed by atoms with Gasteiger partial charge in [0.1, 0.15) is 23.7 Å². The smallest absolute Gasteiger partial charge is 0.407 e. The lowest BCUT2D eigenvalue weighted by Crippen LogP contribution is -2.55. The van der Waals surface area contributed by atoms with E-state index in [4.69, 9.17) is 28.9 Å². The number of amides is 4. The number of imidazole rings is 2. The minimum Gasteiger partial charge on any atom is -0.453 e. The molecule has 0 radical (unpaired) electrons. The van der Waals surface area contributed by atoms with E-state index in [9.17, 15) is 19.2 Å². The molecule has 10 atom stereocenters. The Kier molecular flexibility index (Phi) is 11.3. The molecule has 62 heavy (non-hydrogen) atoms. The van der Waals surface area contributed by atoms with Crippen LogP contribution in [0.3, 0.4) is 0 Å². The van der Waals surface area contributed by atoms with E-state index in [2.05, 4.69) is 57.0 Å². The number of likely N-dealkylation sites (tertiary alicyclic amines) is 2. The lowest BCUT2D eigenvalue weighted by molar-refractivity contribution is -0.140. The van der Waals surface area contributed by atoms with Gasteiger partial charge < -0.3 is 49.3 Å². The number of H-pyrrole nitrogens is 2. The van der Waals surface area contributed by atoms with Crippen LogP contribution in [0.25, 0.3) is 44.8 Å². The second kappa shape index (κ2) is 16.9. The molecule has 16 nitrogen and oxygen atoms in total. The molecule has 2 saturated carbocycles. The summed E-state index contributed by atoms with van der Waals surface area (Å²) >= 11 is 0. The van der Waals surface area contributed by atoms with Crippen molar-refractivity contribution in [2.24, 2.45) is 11.8 Å². The first kappa shape index (κ1) is 41.6. The van der Waals surface area contributed by atoms with Crippen LogP contribution in [0, 0.1) is 11.8 Å². The lowest BCUT2D eigenvalue weighted by Gasteiger charge is -2.34. The van der Waals surface area contributed by atoms with Crippen molar-refractivity contribution in [2.45, 2.75) is 114 Å². The molecule has 2 aromatic carbocycles. The van der Waals surface area contributed by atoms with Crippen molar-refractivity contribution >= 4 is 24.0 Å². The van der Waals surface area contributed by atoms with Crippen molar-refractivity contribution in [3.05, 3.63) is 60.4 Å². The van der Waals surface area contributed by atoms with Gasteiger partial charge in [0.25, 0.3) is 0 Å². The normalized spacial score (nSPS) is 25.1. The highest BCUT2D eigenvalue weighted by atomic mass is 16.5. The summed E-state index contributed by atoms with van der Waals surface area (Å²) in [6, 6.07) is 10.6. The number of hydrogen-bond acceptors (Lipinski definition) is 10. The van der Waals surface area contributed by atoms with Gasteiger partial charge in [0, 0.05) is 37.4 Å². The third-order valence-corrected chi connectivity index (χ3v) is 14.4. The number of alkyl carbamates (subject to hydrolysis) is 2. The number of fused-ring (bicyclic) bond motifs is 6. The summed E-state index contributed by atoms with van der Waals surface area (Å²) in [6.45, 7) is 3.54. The van der Waals surface area contributed by atoms with Crippen LogP contribution >= 0.6 is 0 Å². The maximum Gasteiger partial charge on any atom is 0.407 e. The Morgan fingerprint density at radius 3 is 1.44 bits per heavy atom. The largest absolute Gasteiger partial charge is 0.453 e. The monoisotopic (exact) mass is 848 g/mol. The van der Waals surface area contributed by atoms with Crippen molar-refractivity contribution in [3.63, 3.8) is 0 Å². The zero-order chi connectivity index (χ0) is 43.4. The molecule has 0 bridgehead atoms. The first-order chi connectivity index (χ1) is 30.0. The molecule has 4 N–H and O–H groups in total. The third-order valence-electron chi connectivity index (χ3n) is 14.4. The van der Waals surface area contributed by atoms with Gasteiger partial charge in [0.05, 0.1) is 62.3 Å². The van der Waals surface area contributed by atoms with E-state index in [-0.39, 0.29) is 36.0 Å². The SMILES string of the molecule is COC(=O)NC(C(=O)N1C(c2ncc(-c3ccc4c(c3)-c3ccc(-c5cnc([C@@H]6CC7CCCC7N6C(=O)C(NC(=O)OC)C(C)OC)[nH]5)cc3-4)[nH]2)C[C@@H]2CCCC21)C(C)OC. The molecule has 328 valence electrons. The molecule has 4 heterocycles. The Labute approximate surface area is 360 Å². The van der Waals surface area contributed by atoms with Crippen LogP contribution < -0.4 is 10.6 Å². The van der Waals surface area contributed by atoms with Crippen molar-refractivity contribution in [2.75, 3.05) is 28.4 Å². The average Bonchev–Trinajstić information content (AvgIpc) is 4.14. The van der Waals surface area contributed by atoms with Crippen LogP contribution in [0.2, 0.25) is 0 Å². The molecular weight excluding hydrogens is 793 g/mol. The molecule has 0 spiro atoms. The predicted molar refractivity (Wildman–Crippen MR) is 228 cm³/mol. The molecule has 16 heteroatoms. The number of ether oxygens (including phenoxy) is 4. The van der Waals surface area contributed by atoms with Crippen molar-refractivity contribution in [3.8, 4) is 44.8 Å². The number of hydrogen-bond donors (Lipinski definition) is 4. The highest BCUT2D eigenvalue weighted by molar-refractivity contribution is 6.04. The number of methoxy groups -OCH3 is 4. The van der Waals surface area contributed by atoms with E-state index < -0.39 is 36.5 Å². The summed E-state index contributed by atoms with van der Waals surface area (Å²) < 4.78 is 20.8. The molecule has 5 aliphatic rings. The summed E-state index contributed by atoms with van der Waals surface area (Å²) in [6.07, 6.45) is 8.84. The number of nitrogens with one attached hydrogen (secondary N) is 4. The Morgan fingerprint density at radius 2 is 1.05 bits per heavy atom. The van der Waals surface area contributed by atoms with Crippen molar-refractivity contribution < 1.29 is 38.1 Å². The number of aromatic nitrogens is 4. The Hall–Kier alpha value is -5.74. The van der Waals surface area contributed by atoms with Crippen LogP contribution in [-0.2, 0) is 28.5 Å². The summed E-state index contributed by atoms with van der Waals surface area (Å²) in [7, 11) is 5.62. The lowest BCUT2D eigenvalue weighted by atomic mass is 9.78. The van der Waals surface area contributed by atoms with Crippen molar-refractivity contribution in [1.29, 1.82) is 0 Å². The van der Waals surface area contributed by atoms with Gasteiger partial charge in [-0.15, -0.1) is 0 Å². The zero-order valence-electron chi connectivity index (χ0n) is 36.1. The average molecular weight is 849 g/mol. The van der Waals surface area contributed by atoms with Gasteiger partial charge >= 0.3 is 12.2 Å². The van der Waals surface area contributed by atoms with Gasteiger partial charge in [-0.2, -0.15) is 0 Å². The van der Waals surface area contributed by atoms with Crippen LogP contribution in [-0.4, -0.2) is 119 Å². The molecule has 9 rings (SSSR count). The fourth-order valence-electron chi connectivity index (χ4n) is 11.0. The number of aromatic amines is 2. The standard InChI is InChI=1S/C46H56N8O8/c1-23(59-3)39(51-45(57)61-5)43(55)53-35-11-7-9-27(35)19-37(53)41-47-21-33(49-41)25-13-15-29-31(17-25)30-16-14-26(18-32(29)30)34-22-48-42(50-34)38-20-28-10-8-12-36(28)54(38)44(56)40(24(2)60-4)52-46(58)62-6/h13-18,21-24,27-28,35-40H,7-12,19-20H2,1-6H3,(H,47,49)(H,48,50)(H,51,57)(H,52,58)/t23?,24?,27-,28?,35?,36?,37?,38-,39?,40?/m0/s1. The van der Waals surface area contributed by atoms with Gasteiger partial charge in [-0.05, 0) is 98.6 Å². The first-order valence-electron chi connectivity index (χ1n) is 21.8. The third kappa shape index (κ3) is 7.20. The van der Waals surface area contributed by atoms with E-state index in [0.717, 1.165) is 108 Å². The second-order valence-corrected chi connectivity index (χ2v) is 17.5. The topological polar surface area (TPSA) is 193 Å². The minimum absolute atomic E-state index is 0.0687. The summed E-state index contributed by atoms with van der Waals surface area (Å²) in [5.41, 5.74) is 8.32. The molecule has 4 fully saturated rings. The van der Waals surface area contributed by atoms with Gasteiger partial charge in [-0.1, -0.05) is 37.1 Å². The molecular formula is C46H56N8O8. The van der Waals surface area contributed by atoms with E-state index in [0.29, 0.717) is 11.8 Å². The van der Waals surface area contributed by atoms with E-state index >= 15 is 0 Å². The fourth-order valence-corrected chi connectivity index (χ4v) is 11.0. The summed E-state index contributed by atoms with van der Waals surface area (Å²) in [5.74, 6) is 1.79. The van der Waals surface area contributed by atoms with Gasteiger partial charge in [-0.25, -0.2) is 19.6 Å². The predicted octanol–water partition coefficient (Wildman–Crippen LogP) is 6.52. The number of rotatable bonds is 12. The maximum absolute atomic E-state index is 14.2. The number of carbonyl (C=O) groups excluding carboxylic acids is 4. The zero-order valence-corrected chi connectivity index (χ0v) is 36.1. The van der Waals surface area contributed by atoms with Crippen molar-refractivity contribution in [1.82, 2.24) is 40.4 Å². The highest BCUT2D eigenvalue weighted by Gasteiger charge is 2.51. The Bertz CT molecular complexity index is 2180. The van der Waals surface area contributed by atoms with Gasteiger partial charge in [0.15, 0.2) is 0 Å². The molecule has 2 aliphatic heterocycles. The number of nitrogens with zero attached hydrogens (tertiary/aromatic N) is 4. The molecule has 4 amide bonds. The summed E-state index contributed by atoms with van der Waals surface area (Å²) in [5, 5.41) is 5.42. The second-order valence-electron chi connectivity index (χ2n) is 17.5. The molecule has 8 unspecified atom stereocenters. The molecule has 3 aliphatic carbocycles. The minimum atomic E-state index is -0.901. The van der Waals surface area contributed by atoms with E-state index in [1.165, 1.54) is 28.4 Å². The van der Waals surface area contributed by atoms with Crippen LogP contribution in [0.5, 0.6) is 0 Å². The molecule has 2 aromatic heterocycles. The quantitative estimate of drug-likeness (QED) is 0.108. The van der Waals surface area contributed by atoms with Crippen LogP contribution in [0.1, 0.15) is 88.9 Å². The van der Waals surface area contributed by atoms with Gasteiger partial charge in [-0.3, -0.25) is 9.59 Å². The van der Waals surface area contributed by atoms with E-state index in [1.54, 1.807) is 13.8 Å². The van der Waals surface area contributed by atoms with Gasteiger partial charge in [0.2, 0.25) is 11.8 Å². The first-order valence-corrected chi connectivity index (χ1v) is 21.8. The maximum atomic E-state index is 14.2. The Balaban J connectivity index is 0.927. The highest BCUT2D eigenvalue weighted by Crippen LogP contribution is 2.51. The van der Waals surface area contributed by atoms with E-state index in [1.807, 2.05) is 22.2 Å². The summed E-state index contributed by atoms with van der Waals surface area (Å²) in [4.78, 5) is 73.7. The fraction of sp³-hybridized carbons (Fsp3) is 0.522. The molecule has 2 saturated heterocycles. The molecule has 4 aromatic rings. The number of carbonyl (C=O) groups is 4. The number of benzene rings is 2.